The fraction of sp³-hybridized carbons (Fsp3) is 0.333. The second kappa shape index (κ2) is 8.68. The lowest BCUT2D eigenvalue weighted by Gasteiger charge is -2.35. The minimum absolute atomic E-state index is 0.0757. The van der Waals surface area contributed by atoms with Crippen molar-refractivity contribution in [2.24, 2.45) is 5.92 Å². The largest absolute Gasteiger partial charge is 0.345 e. The van der Waals surface area contributed by atoms with Gasteiger partial charge in [0, 0.05) is 11.9 Å². The van der Waals surface area contributed by atoms with E-state index in [1.807, 2.05) is 0 Å². The van der Waals surface area contributed by atoms with Crippen LogP contribution in [0, 0.1) is 30.3 Å². The second-order valence-corrected chi connectivity index (χ2v) is 8.09. The van der Waals surface area contributed by atoms with E-state index in [0.717, 1.165) is 31.4 Å². The summed E-state index contributed by atoms with van der Waals surface area (Å²) in [5.74, 6) is -3.09. The van der Waals surface area contributed by atoms with Gasteiger partial charge in [-0.1, -0.05) is 24.6 Å². The topological polar surface area (TPSA) is 63.1 Å². The lowest BCUT2D eigenvalue weighted by molar-refractivity contribution is 0.0900. The minimum Gasteiger partial charge on any atom is -0.345 e. The Balaban J connectivity index is 1.82. The quantitative estimate of drug-likeness (QED) is 0.587. The number of hydrogen-bond acceptors (Lipinski definition) is 3. The average Bonchev–Trinajstić information content (AvgIpc) is 2.71. The predicted octanol–water partition coefficient (Wildman–Crippen LogP) is 4.56. The van der Waals surface area contributed by atoms with Crippen LogP contribution >= 0.6 is 0 Å². The molecule has 5 nitrogen and oxygen atoms in total. The first kappa shape index (κ1) is 21.9. The molecule has 1 aliphatic rings. The van der Waals surface area contributed by atoms with E-state index in [4.69, 9.17) is 0 Å². The molecule has 1 amide bonds. The average molecular weight is 443 g/mol. The van der Waals surface area contributed by atoms with Crippen molar-refractivity contribution in [1.82, 2.24) is 9.99 Å². The molecule has 8 heteroatoms. The van der Waals surface area contributed by atoms with Gasteiger partial charge in [0.25, 0.3) is 11.5 Å². The van der Waals surface area contributed by atoms with E-state index in [-0.39, 0.29) is 22.3 Å². The zero-order valence-corrected chi connectivity index (χ0v) is 17.8. The Morgan fingerprint density at radius 1 is 1.12 bits per heavy atom. The number of carbonyl (C=O) groups excluding carboxylic acids is 1. The van der Waals surface area contributed by atoms with Crippen molar-refractivity contribution >= 4 is 16.7 Å². The first-order chi connectivity index (χ1) is 15.3. The molecule has 168 valence electrons. The van der Waals surface area contributed by atoms with Crippen molar-refractivity contribution in [1.29, 1.82) is 0 Å². The number of fused-ring (bicyclic) bond motifs is 1. The van der Waals surface area contributed by atoms with E-state index in [2.05, 4.69) is 10.7 Å². The first-order valence-electron chi connectivity index (χ1n) is 10.7. The van der Waals surface area contributed by atoms with Gasteiger partial charge in [-0.15, -0.1) is 0 Å². The molecule has 1 aliphatic carbocycles. The number of carbonyl (C=O) groups is 1. The highest BCUT2D eigenvalue weighted by Gasteiger charge is 2.32. The monoisotopic (exact) mass is 443 g/mol. The van der Waals surface area contributed by atoms with Gasteiger partial charge in [-0.25, -0.2) is 17.8 Å². The van der Waals surface area contributed by atoms with Crippen molar-refractivity contribution in [3.05, 3.63) is 81.0 Å². The van der Waals surface area contributed by atoms with Gasteiger partial charge in [-0.05, 0) is 56.4 Å². The third-order valence-corrected chi connectivity index (χ3v) is 6.15. The number of hydrogen-bond donors (Lipinski definition) is 2. The number of halogens is 3. The van der Waals surface area contributed by atoms with Crippen LogP contribution in [0.3, 0.4) is 0 Å². The molecule has 0 spiro atoms. The van der Waals surface area contributed by atoms with Gasteiger partial charge in [-0.2, -0.15) is 0 Å². The van der Waals surface area contributed by atoms with Crippen LogP contribution < -0.4 is 16.3 Å². The standard InChI is InChI=1S/C24H24F3N3O2/c1-3-28-30-13(2)20(16-8-5-9-18(26)21(16)24(30)32)23(31)29-22(14-6-4-7-14)15-10-11-17(25)19(27)12-15/h5,8-12,14,22,28H,3-4,6-7H2,1-2H3,(H,29,31). The molecule has 4 rings (SSSR count). The molecule has 32 heavy (non-hydrogen) atoms. The van der Waals surface area contributed by atoms with E-state index in [0.29, 0.717) is 17.8 Å². The number of amides is 1. The summed E-state index contributed by atoms with van der Waals surface area (Å²) in [6.45, 7) is 3.79. The molecule has 0 saturated heterocycles. The van der Waals surface area contributed by atoms with Crippen LogP contribution in [0.4, 0.5) is 13.2 Å². The fourth-order valence-electron chi connectivity index (χ4n) is 4.32. The summed E-state index contributed by atoms with van der Waals surface area (Å²) >= 11 is 0. The van der Waals surface area contributed by atoms with Crippen LogP contribution in [0.2, 0.25) is 0 Å². The molecule has 0 radical (unpaired) electrons. The Hall–Kier alpha value is -3.29. The Morgan fingerprint density at radius 2 is 1.88 bits per heavy atom. The fourth-order valence-corrected chi connectivity index (χ4v) is 4.32. The van der Waals surface area contributed by atoms with Crippen LogP contribution in [0.1, 0.15) is 53.8 Å². The van der Waals surface area contributed by atoms with E-state index >= 15 is 0 Å². The molecule has 0 aliphatic heterocycles. The summed E-state index contributed by atoms with van der Waals surface area (Å²) in [7, 11) is 0. The normalized spacial score (nSPS) is 14.8. The smallest absolute Gasteiger partial charge is 0.279 e. The van der Waals surface area contributed by atoms with Crippen molar-refractivity contribution in [3.8, 4) is 0 Å². The van der Waals surface area contributed by atoms with Crippen molar-refractivity contribution in [2.45, 2.75) is 39.2 Å². The van der Waals surface area contributed by atoms with Crippen LogP contribution in [0.5, 0.6) is 0 Å². The summed E-state index contributed by atoms with van der Waals surface area (Å²) < 4.78 is 43.1. The van der Waals surface area contributed by atoms with Gasteiger partial charge in [0.2, 0.25) is 0 Å². The van der Waals surface area contributed by atoms with E-state index < -0.39 is 35.0 Å². The molecule has 1 unspecified atom stereocenters. The third-order valence-electron chi connectivity index (χ3n) is 6.15. The number of benzene rings is 2. The summed E-state index contributed by atoms with van der Waals surface area (Å²) in [6, 6.07) is 7.24. The van der Waals surface area contributed by atoms with Crippen molar-refractivity contribution in [3.63, 3.8) is 0 Å². The molecule has 1 saturated carbocycles. The van der Waals surface area contributed by atoms with E-state index in [1.54, 1.807) is 13.8 Å². The van der Waals surface area contributed by atoms with E-state index in [9.17, 15) is 22.8 Å². The summed E-state index contributed by atoms with van der Waals surface area (Å²) in [4.78, 5) is 26.4. The highest BCUT2D eigenvalue weighted by Crippen LogP contribution is 2.38. The molecule has 1 heterocycles. The summed E-state index contributed by atoms with van der Waals surface area (Å²) in [6.07, 6.45) is 2.67. The molecule has 1 atom stereocenters. The Kier molecular flexibility index (Phi) is 5.95. The van der Waals surface area contributed by atoms with Crippen molar-refractivity contribution in [2.75, 3.05) is 12.0 Å². The van der Waals surface area contributed by atoms with Gasteiger partial charge in [0.15, 0.2) is 11.6 Å². The lowest BCUT2D eigenvalue weighted by atomic mass is 9.77. The Morgan fingerprint density at radius 3 is 2.50 bits per heavy atom. The van der Waals surface area contributed by atoms with Gasteiger partial charge < -0.3 is 10.7 Å². The first-order valence-corrected chi connectivity index (χ1v) is 10.7. The molecule has 3 aromatic rings. The molecule has 2 aromatic carbocycles. The lowest BCUT2D eigenvalue weighted by Crippen LogP contribution is -2.39. The molecule has 1 aromatic heterocycles. The van der Waals surface area contributed by atoms with Crippen LogP contribution in [0.25, 0.3) is 10.8 Å². The van der Waals surface area contributed by atoms with Crippen LogP contribution in [0.15, 0.2) is 41.2 Å². The van der Waals surface area contributed by atoms with E-state index in [1.165, 1.54) is 28.9 Å². The molecule has 0 bridgehead atoms. The van der Waals surface area contributed by atoms with Crippen LogP contribution in [-0.2, 0) is 0 Å². The maximum Gasteiger partial charge on any atom is 0.279 e. The zero-order chi connectivity index (χ0) is 23.0. The molecular weight excluding hydrogens is 419 g/mol. The highest BCUT2D eigenvalue weighted by molar-refractivity contribution is 6.08. The van der Waals surface area contributed by atoms with Gasteiger partial charge >= 0.3 is 0 Å². The SMILES string of the molecule is CCNn1c(C)c(C(=O)NC(c2ccc(F)c(F)c2)C2CCC2)c2cccc(F)c2c1=O. The zero-order valence-electron chi connectivity index (χ0n) is 17.8. The predicted molar refractivity (Wildman–Crippen MR) is 117 cm³/mol. The number of rotatable bonds is 6. The molecule has 1 fully saturated rings. The third kappa shape index (κ3) is 3.74. The summed E-state index contributed by atoms with van der Waals surface area (Å²) in [5, 5.41) is 2.97. The van der Waals surface area contributed by atoms with Gasteiger partial charge in [-0.3, -0.25) is 9.59 Å². The van der Waals surface area contributed by atoms with Crippen molar-refractivity contribution < 1.29 is 18.0 Å². The molecule has 2 N–H and O–H groups in total. The second-order valence-electron chi connectivity index (χ2n) is 8.09. The molecular formula is C24H24F3N3O2. The number of pyridine rings is 1. The number of aromatic nitrogens is 1. The van der Waals surface area contributed by atoms with Gasteiger partial charge in [0.1, 0.15) is 5.82 Å². The highest BCUT2D eigenvalue weighted by atomic mass is 19.2. The van der Waals surface area contributed by atoms with Gasteiger partial charge in [0.05, 0.1) is 22.7 Å². The maximum atomic E-state index is 14.6. The number of nitrogens with zero attached hydrogens (tertiary/aromatic N) is 1. The Bertz CT molecular complexity index is 1250. The summed E-state index contributed by atoms with van der Waals surface area (Å²) in [5.41, 5.74) is 3.26. The maximum absolute atomic E-state index is 14.6. The number of nitrogens with one attached hydrogen (secondary N) is 2. The van der Waals surface area contributed by atoms with Crippen LogP contribution in [-0.4, -0.2) is 17.1 Å². The minimum atomic E-state index is -0.981. The Labute approximate surface area is 183 Å².